The second-order valence-corrected chi connectivity index (χ2v) is 5.74. The van der Waals surface area contributed by atoms with Gasteiger partial charge in [-0.2, -0.15) is 0 Å². The van der Waals surface area contributed by atoms with E-state index < -0.39 is 0 Å². The van der Waals surface area contributed by atoms with E-state index in [1.165, 1.54) is 36.1 Å². The van der Waals surface area contributed by atoms with Crippen molar-refractivity contribution in [2.24, 2.45) is 0 Å². The van der Waals surface area contributed by atoms with Gasteiger partial charge in [-0.05, 0) is 42.8 Å². The Hall–Kier alpha value is -0.380. The fraction of sp³-hybridized carbons (Fsp3) is 0.538. The highest BCUT2D eigenvalue weighted by atomic mass is 79.9. The van der Waals surface area contributed by atoms with Gasteiger partial charge in [0.2, 0.25) is 0 Å². The summed E-state index contributed by atoms with van der Waals surface area (Å²) in [5, 5.41) is 3.52. The van der Waals surface area contributed by atoms with Crippen LogP contribution in [0.5, 0.6) is 0 Å². The quantitative estimate of drug-likeness (QED) is 0.895. The maximum Gasteiger partial charge on any atom is 0.0209 e. The highest BCUT2D eigenvalue weighted by molar-refractivity contribution is 9.10. The van der Waals surface area contributed by atoms with Gasteiger partial charge in [-0.1, -0.05) is 22.0 Å². The van der Waals surface area contributed by atoms with E-state index in [0.29, 0.717) is 5.92 Å². The molecule has 0 radical (unpaired) electrons. The maximum absolute atomic E-state index is 3.55. The lowest BCUT2D eigenvalue weighted by molar-refractivity contribution is 0.167. The Morgan fingerprint density at radius 2 is 2.25 bits per heavy atom. The van der Waals surface area contributed by atoms with E-state index in [1.54, 1.807) is 5.56 Å². The number of benzene rings is 1. The molecule has 1 saturated heterocycles. The molecule has 16 heavy (non-hydrogen) atoms. The first-order valence-corrected chi connectivity index (χ1v) is 6.83. The molecule has 2 aliphatic heterocycles. The lowest BCUT2D eigenvalue weighted by Crippen LogP contribution is -2.43. The predicted molar refractivity (Wildman–Crippen MR) is 69.6 cm³/mol. The van der Waals surface area contributed by atoms with E-state index in [0.717, 1.165) is 13.1 Å². The van der Waals surface area contributed by atoms with Crippen molar-refractivity contribution in [3.8, 4) is 0 Å². The highest BCUT2D eigenvalue weighted by Crippen LogP contribution is 2.28. The third kappa shape index (κ3) is 2.04. The monoisotopic (exact) mass is 280 g/mol. The first-order chi connectivity index (χ1) is 7.83. The molecule has 3 heteroatoms. The Morgan fingerprint density at radius 3 is 3.00 bits per heavy atom. The summed E-state index contributed by atoms with van der Waals surface area (Å²) >= 11 is 3.55. The van der Waals surface area contributed by atoms with Crippen molar-refractivity contribution in [3.05, 3.63) is 33.8 Å². The fourth-order valence-electron chi connectivity index (χ4n) is 2.66. The lowest BCUT2D eigenvalue weighted by atomic mass is 9.90. The maximum atomic E-state index is 3.55. The van der Waals surface area contributed by atoms with Crippen molar-refractivity contribution in [3.63, 3.8) is 0 Å². The molecule has 0 spiro atoms. The van der Waals surface area contributed by atoms with Gasteiger partial charge in [0.1, 0.15) is 0 Å². The van der Waals surface area contributed by atoms with E-state index in [-0.39, 0.29) is 0 Å². The zero-order valence-electron chi connectivity index (χ0n) is 9.38. The van der Waals surface area contributed by atoms with E-state index in [1.807, 2.05) is 0 Å². The zero-order chi connectivity index (χ0) is 11.0. The Labute approximate surface area is 105 Å². The van der Waals surface area contributed by atoms with Gasteiger partial charge in [-0.3, -0.25) is 0 Å². The number of rotatable bonds is 2. The van der Waals surface area contributed by atoms with Crippen LogP contribution in [0.25, 0.3) is 0 Å². The number of fused-ring (bicyclic) bond motifs is 1. The molecular formula is C13H17BrN2. The van der Waals surface area contributed by atoms with Crippen LogP contribution < -0.4 is 5.32 Å². The number of nitrogens with one attached hydrogen (secondary N) is 1. The molecule has 1 aromatic rings. The van der Waals surface area contributed by atoms with Gasteiger partial charge in [0.25, 0.3) is 0 Å². The first-order valence-electron chi connectivity index (χ1n) is 6.04. The molecule has 2 aliphatic rings. The van der Waals surface area contributed by atoms with Crippen LogP contribution in [0.4, 0.5) is 0 Å². The summed E-state index contributed by atoms with van der Waals surface area (Å²) in [5.41, 5.74) is 3.01. The van der Waals surface area contributed by atoms with Gasteiger partial charge < -0.3 is 10.2 Å². The Bertz CT molecular complexity index is 388. The Balaban J connectivity index is 1.81. The van der Waals surface area contributed by atoms with E-state index in [4.69, 9.17) is 0 Å². The smallest absolute Gasteiger partial charge is 0.0209 e. The van der Waals surface area contributed by atoms with Crippen LogP contribution >= 0.6 is 15.9 Å². The first kappa shape index (κ1) is 10.8. The molecule has 3 rings (SSSR count). The topological polar surface area (TPSA) is 15.3 Å². The van der Waals surface area contributed by atoms with Crippen LogP contribution in [0, 0.1) is 0 Å². The van der Waals surface area contributed by atoms with Gasteiger partial charge in [0, 0.05) is 30.0 Å². The summed E-state index contributed by atoms with van der Waals surface area (Å²) in [6, 6.07) is 6.72. The van der Waals surface area contributed by atoms with Crippen molar-refractivity contribution in [1.29, 1.82) is 0 Å². The molecule has 1 N–H and O–H groups in total. The summed E-state index contributed by atoms with van der Waals surface area (Å²) in [4.78, 5) is 2.56. The van der Waals surface area contributed by atoms with Crippen LogP contribution in [0.1, 0.15) is 23.5 Å². The molecule has 86 valence electrons. The van der Waals surface area contributed by atoms with Crippen LogP contribution in [0.3, 0.4) is 0 Å². The summed E-state index contributed by atoms with van der Waals surface area (Å²) < 4.78 is 1.19. The molecule has 0 bridgehead atoms. The van der Waals surface area contributed by atoms with Gasteiger partial charge in [-0.25, -0.2) is 0 Å². The summed E-state index contributed by atoms with van der Waals surface area (Å²) in [5.74, 6) is 0.678. The van der Waals surface area contributed by atoms with Crippen LogP contribution in [0.15, 0.2) is 22.7 Å². The molecule has 0 amide bonds. The molecule has 0 aromatic heterocycles. The van der Waals surface area contributed by atoms with Gasteiger partial charge >= 0.3 is 0 Å². The molecule has 1 atom stereocenters. The molecule has 1 aromatic carbocycles. The average molecular weight is 281 g/mol. The summed E-state index contributed by atoms with van der Waals surface area (Å²) in [7, 11) is 0. The fourth-order valence-corrected chi connectivity index (χ4v) is 3.06. The third-order valence-corrected chi connectivity index (χ3v) is 4.17. The minimum absolute atomic E-state index is 0.678. The SMILES string of the molecule is Brc1ccc2c(c1)CNCC2CN1CCC1. The van der Waals surface area contributed by atoms with Crippen molar-refractivity contribution < 1.29 is 0 Å². The minimum Gasteiger partial charge on any atom is -0.312 e. The van der Waals surface area contributed by atoms with E-state index in [2.05, 4.69) is 44.3 Å². The van der Waals surface area contributed by atoms with Crippen LogP contribution in [-0.4, -0.2) is 31.1 Å². The molecule has 0 saturated carbocycles. The Kier molecular flexibility index (Phi) is 3.01. The lowest BCUT2D eigenvalue weighted by Gasteiger charge is -2.36. The number of likely N-dealkylation sites (tertiary alicyclic amines) is 1. The largest absolute Gasteiger partial charge is 0.312 e. The van der Waals surface area contributed by atoms with Crippen molar-refractivity contribution >= 4 is 15.9 Å². The number of nitrogens with zero attached hydrogens (tertiary/aromatic N) is 1. The predicted octanol–water partition coefficient (Wildman–Crippen LogP) is 2.34. The molecular weight excluding hydrogens is 264 g/mol. The highest BCUT2D eigenvalue weighted by Gasteiger charge is 2.24. The number of hydrogen-bond acceptors (Lipinski definition) is 2. The normalized spacial score (nSPS) is 24.9. The average Bonchev–Trinajstić information content (AvgIpc) is 2.23. The van der Waals surface area contributed by atoms with Crippen molar-refractivity contribution in [1.82, 2.24) is 10.2 Å². The van der Waals surface area contributed by atoms with Crippen molar-refractivity contribution in [2.75, 3.05) is 26.2 Å². The standard InChI is InChI=1S/C13H17BrN2/c14-12-2-3-13-10(6-12)7-15-8-11(13)9-16-4-1-5-16/h2-3,6,11,15H,1,4-5,7-9H2. The van der Waals surface area contributed by atoms with Gasteiger partial charge in [-0.15, -0.1) is 0 Å². The van der Waals surface area contributed by atoms with Gasteiger partial charge in [0.05, 0.1) is 0 Å². The number of hydrogen-bond donors (Lipinski definition) is 1. The van der Waals surface area contributed by atoms with Gasteiger partial charge in [0.15, 0.2) is 0 Å². The molecule has 1 fully saturated rings. The second-order valence-electron chi connectivity index (χ2n) is 4.83. The van der Waals surface area contributed by atoms with Crippen LogP contribution in [0.2, 0.25) is 0 Å². The van der Waals surface area contributed by atoms with E-state index in [9.17, 15) is 0 Å². The van der Waals surface area contributed by atoms with E-state index >= 15 is 0 Å². The van der Waals surface area contributed by atoms with Crippen molar-refractivity contribution in [2.45, 2.75) is 18.9 Å². The third-order valence-electron chi connectivity index (χ3n) is 3.68. The second kappa shape index (κ2) is 4.47. The zero-order valence-corrected chi connectivity index (χ0v) is 11.0. The minimum atomic E-state index is 0.678. The number of halogens is 1. The molecule has 2 nitrogen and oxygen atoms in total. The van der Waals surface area contributed by atoms with Crippen LogP contribution in [-0.2, 0) is 6.54 Å². The summed E-state index contributed by atoms with van der Waals surface area (Å²) in [6.07, 6.45) is 1.38. The molecule has 1 unspecified atom stereocenters. The Morgan fingerprint density at radius 1 is 1.38 bits per heavy atom. The molecule has 2 heterocycles. The summed E-state index contributed by atoms with van der Waals surface area (Å²) in [6.45, 7) is 5.96. The molecule has 0 aliphatic carbocycles.